The van der Waals surface area contributed by atoms with Gasteiger partial charge in [0.2, 0.25) is 5.69 Å². The quantitative estimate of drug-likeness (QED) is 0.663. The minimum Gasteiger partial charge on any atom is -0.481 e. The van der Waals surface area contributed by atoms with Crippen LogP contribution in [-0.4, -0.2) is 21.4 Å². The third kappa shape index (κ3) is 3.04. The van der Waals surface area contributed by atoms with Gasteiger partial charge >= 0.3 is 5.97 Å². The molecule has 2 atom stereocenters. The first-order chi connectivity index (χ1) is 13.5. The Kier molecular flexibility index (Phi) is 4.27. The van der Waals surface area contributed by atoms with Gasteiger partial charge < -0.3 is 5.11 Å². The number of fused-ring (bicyclic) bond motifs is 3. The first kappa shape index (κ1) is 17.9. The summed E-state index contributed by atoms with van der Waals surface area (Å²) in [5.41, 5.74) is 5.57. The van der Waals surface area contributed by atoms with Crippen LogP contribution in [0.5, 0.6) is 0 Å². The van der Waals surface area contributed by atoms with Crippen molar-refractivity contribution in [3.8, 4) is 0 Å². The highest BCUT2D eigenvalue weighted by molar-refractivity contribution is 6.30. The first-order valence-corrected chi connectivity index (χ1v) is 10.3. The number of nitrogens with zero attached hydrogens (tertiary/aromatic N) is 1. The van der Waals surface area contributed by atoms with Crippen LogP contribution < -0.4 is 0 Å². The minimum absolute atomic E-state index is 0.0114. The van der Waals surface area contributed by atoms with E-state index in [4.69, 9.17) is 11.6 Å². The van der Waals surface area contributed by atoms with Gasteiger partial charge in [0.15, 0.2) is 12.3 Å². The smallest absolute Gasteiger partial charge is 0.304 e. The average molecular weight is 399 g/mol. The molecule has 3 nitrogen and oxygen atoms in total. The standard InChI is InChI=1S/C23H21ClFNO2/c24-16-6-1-13(2-7-16)12-26-22-15(9-21(27)28)5-8-18(22)20-11-17(25)10-19(23(20)26)14-3-4-14/h1-2,6-7,10-11,14-15,18H,3-5,8-9,12H2/p+1/t15-,18?/m1/s1. The zero-order valence-electron chi connectivity index (χ0n) is 15.5. The summed E-state index contributed by atoms with van der Waals surface area (Å²) in [6.45, 7) is 0.664. The summed E-state index contributed by atoms with van der Waals surface area (Å²) in [5.74, 6) is -0.365. The van der Waals surface area contributed by atoms with Crippen LogP contribution in [-0.2, 0) is 11.3 Å². The maximum atomic E-state index is 14.4. The molecule has 0 amide bonds. The highest BCUT2D eigenvalue weighted by Gasteiger charge is 2.50. The topological polar surface area (TPSA) is 40.3 Å². The number of carboxylic acid groups (broad SMARTS) is 1. The zero-order chi connectivity index (χ0) is 19.4. The second-order valence-electron chi connectivity index (χ2n) is 8.27. The predicted molar refractivity (Wildman–Crippen MR) is 106 cm³/mol. The van der Waals surface area contributed by atoms with Crippen LogP contribution in [0.3, 0.4) is 0 Å². The zero-order valence-corrected chi connectivity index (χ0v) is 16.3. The van der Waals surface area contributed by atoms with Gasteiger partial charge in [0.05, 0.1) is 18.3 Å². The molecule has 1 N–H and O–H groups in total. The molecule has 2 aliphatic carbocycles. The van der Waals surface area contributed by atoms with E-state index in [0.29, 0.717) is 17.5 Å². The number of hydrogen-bond donors (Lipinski definition) is 1. The lowest BCUT2D eigenvalue weighted by molar-refractivity contribution is -0.458. The van der Waals surface area contributed by atoms with Crippen LogP contribution in [0.25, 0.3) is 0 Å². The van der Waals surface area contributed by atoms with Crippen molar-refractivity contribution in [3.63, 3.8) is 0 Å². The van der Waals surface area contributed by atoms with E-state index < -0.39 is 5.97 Å². The summed E-state index contributed by atoms with van der Waals surface area (Å²) in [5, 5.41) is 10.1. The van der Waals surface area contributed by atoms with Gasteiger partial charge in [-0.1, -0.05) is 23.7 Å². The monoisotopic (exact) mass is 398 g/mol. The molecule has 2 saturated carbocycles. The van der Waals surface area contributed by atoms with E-state index in [0.717, 1.165) is 48.1 Å². The molecule has 0 spiro atoms. The summed E-state index contributed by atoms with van der Waals surface area (Å²) in [4.78, 5) is 11.5. The molecule has 2 aromatic carbocycles. The van der Waals surface area contributed by atoms with E-state index in [1.165, 1.54) is 5.71 Å². The van der Waals surface area contributed by atoms with Crippen molar-refractivity contribution in [2.75, 3.05) is 0 Å². The van der Waals surface area contributed by atoms with Crippen molar-refractivity contribution in [3.05, 3.63) is 63.9 Å². The van der Waals surface area contributed by atoms with Crippen molar-refractivity contribution >= 4 is 29.0 Å². The maximum absolute atomic E-state index is 14.4. The molecule has 0 bridgehead atoms. The normalized spacial score (nSPS) is 23.1. The number of aliphatic carboxylic acids is 1. The molecule has 3 aliphatic rings. The molecule has 0 saturated heterocycles. The second kappa shape index (κ2) is 6.70. The van der Waals surface area contributed by atoms with Gasteiger partial charge in [-0.25, -0.2) is 4.39 Å². The number of carbonyl (C=O) groups is 1. The van der Waals surface area contributed by atoms with Gasteiger partial charge in [-0.05, 0) is 55.9 Å². The highest BCUT2D eigenvalue weighted by Crippen LogP contribution is 2.53. The van der Waals surface area contributed by atoms with Gasteiger partial charge in [-0.2, -0.15) is 4.58 Å². The number of hydrogen-bond acceptors (Lipinski definition) is 1. The summed E-state index contributed by atoms with van der Waals surface area (Å²) >= 11 is 6.05. The molecular weight excluding hydrogens is 377 g/mol. The molecule has 0 aromatic heterocycles. The molecule has 5 heteroatoms. The van der Waals surface area contributed by atoms with Gasteiger partial charge in [-0.15, -0.1) is 0 Å². The van der Waals surface area contributed by atoms with Crippen LogP contribution in [0, 0.1) is 11.7 Å². The fourth-order valence-electron chi connectivity index (χ4n) is 5.09. The maximum Gasteiger partial charge on any atom is 0.304 e. The Morgan fingerprint density at radius 3 is 2.50 bits per heavy atom. The number of carboxylic acids is 1. The third-order valence-electron chi connectivity index (χ3n) is 6.36. The van der Waals surface area contributed by atoms with Crippen molar-refractivity contribution < 1.29 is 18.9 Å². The number of benzene rings is 2. The number of rotatable bonds is 5. The molecule has 28 heavy (non-hydrogen) atoms. The van der Waals surface area contributed by atoms with Crippen molar-refractivity contribution in [1.29, 1.82) is 0 Å². The Bertz CT molecular complexity index is 994. The molecule has 5 rings (SSSR count). The molecule has 0 radical (unpaired) electrons. The van der Waals surface area contributed by atoms with Crippen LogP contribution in [0.2, 0.25) is 5.02 Å². The van der Waals surface area contributed by atoms with Gasteiger partial charge in [0, 0.05) is 21.7 Å². The Balaban J connectivity index is 1.65. The SMILES string of the molecule is O=C(O)C[C@H]1CCC2C1=[N+](Cc1ccc(Cl)cc1)c1c(C3CC3)cc(F)cc12. The van der Waals surface area contributed by atoms with E-state index >= 15 is 0 Å². The molecule has 2 fully saturated rings. The molecule has 1 unspecified atom stereocenters. The van der Waals surface area contributed by atoms with Crippen molar-refractivity contribution in [2.24, 2.45) is 5.92 Å². The summed E-state index contributed by atoms with van der Waals surface area (Å²) < 4.78 is 16.7. The van der Waals surface area contributed by atoms with Crippen LogP contribution in [0.15, 0.2) is 36.4 Å². The third-order valence-corrected chi connectivity index (χ3v) is 6.61. The Morgan fingerprint density at radius 1 is 1.11 bits per heavy atom. The molecular formula is C23H22ClFNO2+. The van der Waals surface area contributed by atoms with E-state index in [1.807, 2.05) is 24.3 Å². The van der Waals surface area contributed by atoms with Gasteiger partial charge in [0.1, 0.15) is 5.82 Å². The average Bonchev–Trinajstić information content (AvgIpc) is 3.35. The van der Waals surface area contributed by atoms with Gasteiger partial charge in [-0.3, -0.25) is 4.79 Å². The second-order valence-corrected chi connectivity index (χ2v) is 8.71. The Hall–Kier alpha value is -2.20. The summed E-state index contributed by atoms with van der Waals surface area (Å²) in [6, 6.07) is 11.2. The lowest BCUT2D eigenvalue weighted by Crippen LogP contribution is -2.22. The van der Waals surface area contributed by atoms with Crippen molar-refractivity contribution in [2.45, 2.75) is 50.5 Å². The van der Waals surface area contributed by atoms with E-state index in [9.17, 15) is 14.3 Å². The lowest BCUT2D eigenvalue weighted by Gasteiger charge is -2.11. The van der Waals surface area contributed by atoms with Crippen molar-refractivity contribution in [1.82, 2.24) is 0 Å². The summed E-state index contributed by atoms with van der Waals surface area (Å²) in [7, 11) is 0. The van der Waals surface area contributed by atoms with E-state index in [2.05, 4.69) is 4.58 Å². The highest BCUT2D eigenvalue weighted by atomic mass is 35.5. The Labute approximate surface area is 168 Å². The van der Waals surface area contributed by atoms with E-state index in [-0.39, 0.29) is 24.1 Å². The van der Waals surface area contributed by atoms with Crippen LogP contribution >= 0.6 is 11.6 Å². The number of halogens is 2. The lowest BCUT2D eigenvalue weighted by atomic mass is 9.93. The van der Waals surface area contributed by atoms with Gasteiger partial charge in [0.25, 0.3) is 0 Å². The predicted octanol–water partition coefficient (Wildman–Crippen LogP) is 5.62. The molecule has 1 aliphatic heterocycles. The molecule has 2 aromatic rings. The first-order valence-electron chi connectivity index (χ1n) is 9.95. The fraction of sp³-hybridized carbons (Fsp3) is 0.391. The fourth-order valence-corrected chi connectivity index (χ4v) is 5.21. The molecule has 1 heterocycles. The van der Waals surface area contributed by atoms with Crippen LogP contribution in [0.4, 0.5) is 10.1 Å². The Morgan fingerprint density at radius 2 is 1.82 bits per heavy atom. The summed E-state index contributed by atoms with van der Waals surface area (Å²) in [6.07, 6.45) is 4.08. The molecule has 144 valence electrons. The van der Waals surface area contributed by atoms with E-state index in [1.54, 1.807) is 12.1 Å². The largest absolute Gasteiger partial charge is 0.481 e. The van der Waals surface area contributed by atoms with Crippen LogP contribution in [0.1, 0.15) is 60.6 Å². The minimum atomic E-state index is -0.769.